The highest BCUT2D eigenvalue weighted by Crippen LogP contribution is 2.46. The van der Waals surface area contributed by atoms with E-state index in [1.165, 1.54) is 9.80 Å². The van der Waals surface area contributed by atoms with Gasteiger partial charge in [0.1, 0.15) is 16.4 Å². The number of ether oxygens (including phenoxy) is 2. The number of hydrogen-bond donors (Lipinski definition) is 2. The summed E-state index contributed by atoms with van der Waals surface area (Å²) in [6.07, 6.45) is -3.55. The number of nitrogens with two attached hydrogens (primary N) is 1. The predicted molar refractivity (Wildman–Crippen MR) is 198 cm³/mol. The van der Waals surface area contributed by atoms with Gasteiger partial charge in [-0.1, -0.05) is 38.0 Å². The van der Waals surface area contributed by atoms with Crippen LogP contribution in [0.1, 0.15) is 104 Å². The fraction of sp³-hybridized carbons (Fsp3) is 0.550. The lowest BCUT2D eigenvalue weighted by Crippen LogP contribution is -2.69. The standard InChI is InChI=1S/C40H46F6N4O6S/c1-2-8-31-38(56-26-23-32(57-25-26)40(44,45)46,15-6-19-50(31)33(51)27-24-48-18-11-28(27)39(41,42)43)34(52)49-20-16-37(47,17-21-49)29-9-3-4-10-30(29)55-22-7-14-36(35(53)54)12-5-13-36/h3-4,9-11,18,23-25,31H,2,5-8,12-17,19-22,47H2,1H3,(H,53,54)/t31-,38+/m1/s1. The van der Waals surface area contributed by atoms with E-state index in [2.05, 4.69) is 4.98 Å². The average Bonchev–Trinajstić information content (AvgIpc) is 3.63. The topological polar surface area (TPSA) is 135 Å². The zero-order valence-corrected chi connectivity index (χ0v) is 32.3. The molecule has 0 spiro atoms. The van der Waals surface area contributed by atoms with Gasteiger partial charge in [0.2, 0.25) is 5.60 Å². The summed E-state index contributed by atoms with van der Waals surface area (Å²) in [7, 11) is 0. The molecular weight excluding hydrogens is 779 g/mol. The van der Waals surface area contributed by atoms with Gasteiger partial charge in [-0.3, -0.25) is 19.4 Å². The molecule has 310 valence electrons. The first-order valence-corrected chi connectivity index (χ1v) is 20.0. The van der Waals surface area contributed by atoms with Crippen LogP contribution in [0, 0.1) is 5.41 Å². The summed E-state index contributed by atoms with van der Waals surface area (Å²) in [6.45, 7) is 2.22. The van der Waals surface area contributed by atoms with Crippen molar-refractivity contribution in [2.75, 3.05) is 26.2 Å². The molecule has 2 aliphatic heterocycles. The third-order valence-electron chi connectivity index (χ3n) is 11.7. The molecule has 3 aromatic rings. The van der Waals surface area contributed by atoms with Gasteiger partial charge < -0.3 is 30.1 Å². The number of benzene rings is 1. The molecule has 3 fully saturated rings. The van der Waals surface area contributed by atoms with Gasteiger partial charge in [0.25, 0.3) is 11.8 Å². The van der Waals surface area contributed by atoms with E-state index in [-0.39, 0.29) is 64.1 Å². The lowest BCUT2D eigenvalue weighted by atomic mass is 9.66. The molecular formula is C40H46F6N4O6S. The molecule has 17 heteroatoms. The molecule has 2 saturated heterocycles. The van der Waals surface area contributed by atoms with Crippen LogP contribution in [-0.4, -0.2) is 75.6 Å². The number of amides is 2. The summed E-state index contributed by atoms with van der Waals surface area (Å²) < 4.78 is 96.0. The van der Waals surface area contributed by atoms with Gasteiger partial charge in [0.05, 0.1) is 29.2 Å². The quantitative estimate of drug-likeness (QED) is 0.130. The Balaban J connectivity index is 1.26. The lowest BCUT2D eigenvalue weighted by molar-refractivity contribution is -0.161. The van der Waals surface area contributed by atoms with E-state index in [4.69, 9.17) is 15.2 Å². The van der Waals surface area contributed by atoms with Crippen molar-refractivity contribution in [2.45, 2.75) is 107 Å². The largest absolute Gasteiger partial charge is 0.493 e. The van der Waals surface area contributed by atoms with Gasteiger partial charge in [-0.15, -0.1) is 11.3 Å². The van der Waals surface area contributed by atoms with E-state index in [0.29, 0.717) is 60.8 Å². The summed E-state index contributed by atoms with van der Waals surface area (Å²) in [5.74, 6) is -2.11. The molecule has 0 radical (unpaired) electrons. The van der Waals surface area contributed by atoms with Crippen LogP contribution in [-0.2, 0) is 27.5 Å². The van der Waals surface area contributed by atoms with Crippen molar-refractivity contribution in [3.63, 3.8) is 0 Å². The highest BCUT2D eigenvalue weighted by atomic mass is 32.1. The summed E-state index contributed by atoms with van der Waals surface area (Å²) in [6, 6.07) is 7.58. The van der Waals surface area contributed by atoms with Crippen molar-refractivity contribution in [2.24, 2.45) is 11.1 Å². The van der Waals surface area contributed by atoms with Gasteiger partial charge >= 0.3 is 18.3 Å². The molecule has 1 aromatic carbocycles. The van der Waals surface area contributed by atoms with Gasteiger partial charge in [-0.2, -0.15) is 26.3 Å². The molecule has 2 aromatic heterocycles. The smallest absolute Gasteiger partial charge is 0.425 e. The van der Waals surface area contributed by atoms with Crippen LogP contribution in [0.15, 0.2) is 54.2 Å². The molecule has 4 heterocycles. The van der Waals surface area contributed by atoms with Gasteiger partial charge in [0.15, 0.2) is 0 Å². The molecule has 2 atom stereocenters. The van der Waals surface area contributed by atoms with Crippen LogP contribution in [0.3, 0.4) is 0 Å². The second kappa shape index (κ2) is 16.5. The van der Waals surface area contributed by atoms with Gasteiger partial charge in [-0.05, 0) is 63.5 Å². The number of carboxylic acid groups (broad SMARTS) is 1. The summed E-state index contributed by atoms with van der Waals surface area (Å²) in [4.78, 5) is 46.4. The number of carboxylic acids is 1. The molecule has 1 saturated carbocycles. The number of nitrogens with zero attached hydrogens (tertiary/aromatic N) is 3. The maximum Gasteiger partial charge on any atom is 0.425 e. The highest BCUT2D eigenvalue weighted by molar-refractivity contribution is 7.10. The first-order chi connectivity index (χ1) is 26.9. The van der Waals surface area contributed by atoms with Crippen LogP contribution >= 0.6 is 11.3 Å². The number of thiophene rings is 1. The van der Waals surface area contributed by atoms with Gasteiger partial charge in [-0.25, -0.2) is 0 Å². The molecule has 6 rings (SSSR count). The molecule has 3 N–H and O–H groups in total. The fourth-order valence-corrected chi connectivity index (χ4v) is 9.20. The maximum atomic E-state index is 15.0. The van der Waals surface area contributed by atoms with Crippen molar-refractivity contribution in [1.82, 2.24) is 14.8 Å². The number of halogens is 6. The van der Waals surface area contributed by atoms with Gasteiger partial charge in [0, 0.05) is 61.0 Å². The summed E-state index contributed by atoms with van der Waals surface area (Å²) >= 11 is 0.383. The van der Waals surface area contributed by atoms with E-state index >= 15 is 0 Å². The summed E-state index contributed by atoms with van der Waals surface area (Å²) in [5.41, 5.74) is 2.22. The molecule has 3 aliphatic rings. The van der Waals surface area contributed by atoms with Crippen molar-refractivity contribution in [1.29, 1.82) is 0 Å². The minimum absolute atomic E-state index is 0.0131. The molecule has 2 amide bonds. The summed E-state index contributed by atoms with van der Waals surface area (Å²) in [5, 5.41) is 10.8. The first kappa shape index (κ1) is 42.2. The molecule has 57 heavy (non-hydrogen) atoms. The number of alkyl halides is 6. The molecule has 1 aliphatic carbocycles. The Morgan fingerprint density at radius 1 is 0.982 bits per heavy atom. The van der Waals surface area contributed by atoms with Crippen molar-refractivity contribution in [3.8, 4) is 11.5 Å². The SMILES string of the molecule is CCC[C@H]1N(C(=O)c2cnccc2C(F)(F)F)CCC[C@@]1(Oc1csc(C(F)(F)F)c1)C(=O)N1CCC(N)(c2ccccc2OCCCC2(C(=O)O)CCC2)CC1. The third-order valence-corrected chi connectivity index (χ3v) is 12.7. The Morgan fingerprint density at radius 3 is 2.32 bits per heavy atom. The first-order valence-electron chi connectivity index (χ1n) is 19.1. The number of piperidine rings is 2. The highest BCUT2D eigenvalue weighted by Gasteiger charge is 2.56. The molecule has 10 nitrogen and oxygen atoms in total. The Bertz CT molecular complexity index is 1930. The number of aromatic nitrogens is 1. The zero-order valence-electron chi connectivity index (χ0n) is 31.5. The maximum absolute atomic E-state index is 15.0. The number of carbonyl (C=O) groups excluding carboxylic acids is 2. The normalized spacial score (nSPS) is 22.1. The molecule has 0 unspecified atom stereocenters. The van der Waals surface area contributed by atoms with Crippen LogP contribution in [0.4, 0.5) is 26.3 Å². The average molecular weight is 825 g/mol. The Labute approximate surface area is 330 Å². The van der Waals surface area contributed by atoms with Crippen LogP contribution < -0.4 is 15.2 Å². The Hall–Kier alpha value is -4.38. The van der Waals surface area contributed by atoms with Crippen molar-refractivity contribution < 1.29 is 55.3 Å². The number of rotatable bonds is 13. The third kappa shape index (κ3) is 8.59. The Kier molecular flexibility index (Phi) is 12.2. The second-order valence-corrected chi connectivity index (χ2v) is 16.2. The number of pyridine rings is 1. The van der Waals surface area contributed by atoms with Crippen molar-refractivity contribution in [3.05, 3.63) is 75.7 Å². The lowest BCUT2D eigenvalue weighted by Gasteiger charge is -2.51. The number of carbonyl (C=O) groups is 3. The fourth-order valence-electron chi connectivity index (χ4n) is 8.52. The minimum Gasteiger partial charge on any atom is -0.493 e. The van der Waals surface area contributed by atoms with Crippen LogP contribution in [0.5, 0.6) is 11.5 Å². The number of hydrogen-bond acceptors (Lipinski definition) is 8. The number of aliphatic carboxylic acids is 1. The van der Waals surface area contributed by atoms with Crippen LogP contribution in [0.25, 0.3) is 0 Å². The Morgan fingerprint density at radius 2 is 1.70 bits per heavy atom. The minimum atomic E-state index is -4.89. The van der Waals surface area contributed by atoms with E-state index < -0.39 is 68.7 Å². The monoisotopic (exact) mass is 824 g/mol. The predicted octanol–water partition coefficient (Wildman–Crippen LogP) is 8.29. The van der Waals surface area contributed by atoms with E-state index in [0.717, 1.165) is 30.3 Å². The second-order valence-electron chi connectivity index (χ2n) is 15.3. The van der Waals surface area contributed by atoms with E-state index in [1.807, 2.05) is 12.1 Å². The number of likely N-dealkylation sites (tertiary alicyclic amines) is 2. The van der Waals surface area contributed by atoms with E-state index in [9.17, 15) is 45.8 Å². The van der Waals surface area contributed by atoms with Crippen molar-refractivity contribution >= 4 is 29.1 Å². The van der Waals surface area contributed by atoms with Crippen LogP contribution in [0.2, 0.25) is 0 Å². The number of para-hydroxylation sites is 1. The molecule has 0 bridgehead atoms. The van der Waals surface area contributed by atoms with E-state index in [1.54, 1.807) is 19.1 Å². The zero-order chi connectivity index (χ0) is 41.2.